The Morgan fingerprint density at radius 1 is 1.07 bits per heavy atom. The lowest BCUT2D eigenvalue weighted by Gasteiger charge is -2.12. The molecule has 142 valence electrons. The highest BCUT2D eigenvalue weighted by molar-refractivity contribution is 5.74. The monoisotopic (exact) mass is 380 g/mol. The zero-order valence-electron chi connectivity index (χ0n) is 16.3. The van der Waals surface area contributed by atoms with Crippen molar-refractivity contribution >= 4 is 17.8 Å². The van der Waals surface area contributed by atoms with Gasteiger partial charge in [0.1, 0.15) is 11.6 Å². The molecule has 0 amide bonds. The van der Waals surface area contributed by atoms with Gasteiger partial charge in [-0.2, -0.15) is 5.26 Å². The van der Waals surface area contributed by atoms with Crippen LogP contribution >= 0.6 is 0 Å². The Morgan fingerprint density at radius 3 is 2.52 bits per heavy atom. The number of nitrogens with zero attached hydrogens (tertiary/aromatic N) is 3. The van der Waals surface area contributed by atoms with Crippen molar-refractivity contribution in [2.24, 2.45) is 0 Å². The Bertz CT molecular complexity index is 1300. The summed E-state index contributed by atoms with van der Waals surface area (Å²) in [6, 6.07) is 20.1. The van der Waals surface area contributed by atoms with E-state index in [1.165, 1.54) is 10.7 Å². The summed E-state index contributed by atoms with van der Waals surface area (Å²) in [4.78, 5) is 17.8. The quantitative estimate of drug-likeness (QED) is 0.514. The van der Waals surface area contributed by atoms with Crippen molar-refractivity contribution in [2.75, 3.05) is 0 Å². The number of rotatable bonds is 4. The third-order valence-electron chi connectivity index (χ3n) is 4.82. The number of fused-ring (bicyclic) bond motifs is 1. The molecule has 0 aliphatic carbocycles. The van der Waals surface area contributed by atoms with Gasteiger partial charge in [0.05, 0.1) is 5.69 Å². The molecule has 0 bridgehead atoms. The number of hydrogen-bond donors (Lipinski definition) is 1. The van der Waals surface area contributed by atoms with Crippen LogP contribution in [0.2, 0.25) is 0 Å². The second-order valence-electron chi connectivity index (χ2n) is 7.16. The lowest BCUT2D eigenvalue weighted by molar-refractivity contribution is 0.797. The highest BCUT2D eigenvalue weighted by atomic mass is 16.1. The fourth-order valence-corrected chi connectivity index (χ4v) is 3.40. The molecule has 0 radical (unpaired) electrons. The van der Waals surface area contributed by atoms with E-state index in [1.54, 1.807) is 0 Å². The molecule has 0 saturated carbocycles. The Morgan fingerprint density at radius 2 is 1.79 bits per heavy atom. The van der Waals surface area contributed by atoms with E-state index in [-0.39, 0.29) is 11.5 Å². The number of nitriles is 1. The summed E-state index contributed by atoms with van der Waals surface area (Å²) in [5.41, 5.74) is 4.75. The first-order valence-corrected chi connectivity index (χ1v) is 9.46. The molecule has 5 nitrogen and oxygen atoms in total. The first kappa shape index (κ1) is 18.5. The Hall–Kier alpha value is -3.91. The fourth-order valence-electron chi connectivity index (χ4n) is 3.40. The zero-order valence-corrected chi connectivity index (χ0v) is 16.3. The summed E-state index contributed by atoms with van der Waals surface area (Å²) < 4.78 is 1.34. The molecule has 0 saturated heterocycles. The second kappa shape index (κ2) is 7.61. The van der Waals surface area contributed by atoms with Gasteiger partial charge < -0.3 is 0 Å². The van der Waals surface area contributed by atoms with Crippen LogP contribution in [0.1, 0.15) is 42.0 Å². The fraction of sp³-hybridized carbons (Fsp3) is 0.125. The van der Waals surface area contributed by atoms with Crippen LogP contribution in [0.25, 0.3) is 29.1 Å². The molecule has 2 aromatic heterocycles. The van der Waals surface area contributed by atoms with Crippen molar-refractivity contribution in [3.05, 3.63) is 93.4 Å². The van der Waals surface area contributed by atoms with Gasteiger partial charge in [0, 0.05) is 17.3 Å². The minimum atomic E-state index is -0.174. The number of H-pyrrole nitrogens is 1. The maximum Gasteiger partial charge on any atom is 0.276 e. The topological polar surface area (TPSA) is 73.9 Å². The summed E-state index contributed by atoms with van der Waals surface area (Å²) in [6.45, 7) is 3.95. The highest BCUT2D eigenvalue weighted by Crippen LogP contribution is 2.27. The van der Waals surface area contributed by atoms with E-state index in [9.17, 15) is 10.1 Å². The molecule has 0 spiro atoms. The SMILES string of the molecule is CC(C)c1c(-c2cccc(/C=C/c3ccccc3)c2)nc2c(C#N)c[nH]n2c1=O. The molecule has 0 atom stereocenters. The number of benzene rings is 2. The van der Waals surface area contributed by atoms with E-state index in [4.69, 9.17) is 4.98 Å². The zero-order chi connectivity index (χ0) is 20.4. The van der Waals surface area contributed by atoms with E-state index in [2.05, 4.69) is 11.2 Å². The number of aromatic amines is 1. The molecular weight excluding hydrogens is 360 g/mol. The predicted molar refractivity (Wildman–Crippen MR) is 115 cm³/mol. The summed E-state index contributed by atoms with van der Waals surface area (Å²) >= 11 is 0. The first-order valence-electron chi connectivity index (χ1n) is 9.46. The van der Waals surface area contributed by atoms with E-state index < -0.39 is 0 Å². The van der Waals surface area contributed by atoms with Gasteiger partial charge in [0.2, 0.25) is 0 Å². The molecule has 4 aromatic rings. The third kappa shape index (κ3) is 3.48. The molecule has 4 rings (SSSR count). The number of nitrogens with one attached hydrogen (secondary N) is 1. The molecule has 0 aliphatic heterocycles. The maximum absolute atomic E-state index is 13.1. The van der Waals surface area contributed by atoms with Gasteiger partial charge in [-0.1, -0.05) is 74.5 Å². The highest BCUT2D eigenvalue weighted by Gasteiger charge is 2.19. The Kier molecular flexibility index (Phi) is 4.84. The molecule has 0 aliphatic rings. The molecule has 29 heavy (non-hydrogen) atoms. The Labute approximate surface area is 168 Å². The van der Waals surface area contributed by atoms with Crippen molar-refractivity contribution in [3.8, 4) is 17.3 Å². The van der Waals surface area contributed by atoms with Crippen LogP contribution in [-0.4, -0.2) is 14.6 Å². The number of aromatic nitrogens is 3. The minimum absolute atomic E-state index is 0.0146. The van der Waals surface area contributed by atoms with Gasteiger partial charge in [-0.05, 0) is 23.1 Å². The molecule has 1 N–H and O–H groups in total. The van der Waals surface area contributed by atoms with E-state index >= 15 is 0 Å². The first-order chi connectivity index (χ1) is 14.1. The van der Waals surface area contributed by atoms with Crippen LogP contribution in [0.4, 0.5) is 0 Å². The molecule has 2 heterocycles. The van der Waals surface area contributed by atoms with Crippen LogP contribution in [-0.2, 0) is 0 Å². The third-order valence-corrected chi connectivity index (χ3v) is 4.82. The molecule has 0 fully saturated rings. The second-order valence-corrected chi connectivity index (χ2v) is 7.16. The van der Waals surface area contributed by atoms with E-state index in [0.717, 1.165) is 16.7 Å². The van der Waals surface area contributed by atoms with Crippen molar-refractivity contribution in [3.63, 3.8) is 0 Å². The van der Waals surface area contributed by atoms with Crippen molar-refractivity contribution < 1.29 is 0 Å². The standard InChI is InChI=1S/C24H20N4O/c1-16(2)21-22(27-23-20(14-25)15-26-28(23)24(21)29)19-10-6-9-18(13-19)12-11-17-7-4-3-5-8-17/h3-13,15-16,26H,1-2H3/b12-11+. The van der Waals surface area contributed by atoms with Crippen LogP contribution in [0, 0.1) is 11.3 Å². The lowest BCUT2D eigenvalue weighted by Crippen LogP contribution is -2.22. The van der Waals surface area contributed by atoms with E-state index in [1.807, 2.05) is 80.6 Å². The van der Waals surface area contributed by atoms with Gasteiger partial charge in [0.25, 0.3) is 5.56 Å². The molecular formula is C24H20N4O. The molecule has 5 heteroatoms. The lowest BCUT2D eigenvalue weighted by atomic mass is 9.97. The minimum Gasteiger partial charge on any atom is -0.295 e. The van der Waals surface area contributed by atoms with Crippen molar-refractivity contribution in [1.82, 2.24) is 14.6 Å². The average molecular weight is 380 g/mol. The van der Waals surface area contributed by atoms with Gasteiger partial charge in [-0.3, -0.25) is 9.89 Å². The predicted octanol–water partition coefficient (Wildman–Crippen LogP) is 4.86. The van der Waals surface area contributed by atoms with Crippen molar-refractivity contribution in [2.45, 2.75) is 19.8 Å². The van der Waals surface area contributed by atoms with Crippen LogP contribution in [0.15, 0.2) is 65.6 Å². The molecule has 0 unspecified atom stereocenters. The Balaban J connectivity index is 1.86. The molecule has 2 aromatic carbocycles. The van der Waals surface area contributed by atoms with Crippen molar-refractivity contribution in [1.29, 1.82) is 5.26 Å². The number of hydrogen-bond acceptors (Lipinski definition) is 3. The van der Waals surface area contributed by atoms with Gasteiger partial charge in [-0.25, -0.2) is 9.50 Å². The van der Waals surface area contributed by atoms with Gasteiger partial charge in [0.15, 0.2) is 5.65 Å². The van der Waals surface area contributed by atoms with Crippen LogP contribution in [0.3, 0.4) is 0 Å². The van der Waals surface area contributed by atoms with E-state index in [0.29, 0.717) is 22.5 Å². The normalized spacial score (nSPS) is 11.4. The summed E-state index contributed by atoms with van der Waals surface area (Å²) in [5, 5.41) is 12.2. The largest absolute Gasteiger partial charge is 0.295 e. The summed E-state index contributed by atoms with van der Waals surface area (Å²) in [7, 11) is 0. The van der Waals surface area contributed by atoms with Crippen LogP contribution in [0.5, 0.6) is 0 Å². The van der Waals surface area contributed by atoms with Crippen LogP contribution < -0.4 is 5.56 Å². The maximum atomic E-state index is 13.1. The average Bonchev–Trinajstić information content (AvgIpc) is 3.16. The summed E-state index contributed by atoms with van der Waals surface area (Å²) in [5.74, 6) is -0.0146. The summed E-state index contributed by atoms with van der Waals surface area (Å²) in [6.07, 6.45) is 5.60. The van der Waals surface area contributed by atoms with Gasteiger partial charge >= 0.3 is 0 Å². The smallest absolute Gasteiger partial charge is 0.276 e. The van der Waals surface area contributed by atoms with Gasteiger partial charge in [-0.15, -0.1) is 0 Å².